The summed E-state index contributed by atoms with van der Waals surface area (Å²) in [5.41, 5.74) is 2.73. The number of anilines is 3. The maximum Gasteiger partial charge on any atom is 0.244 e. The van der Waals surface area contributed by atoms with E-state index in [9.17, 15) is 14.0 Å². The number of amides is 2. The number of rotatable bonds is 7. The fraction of sp³-hybridized carbons (Fsp3) is 0.333. The van der Waals surface area contributed by atoms with Gasteiger partial charge in [-0.15, -0.1) is 0 Å². The Kier molecular flexibility index (Phi) is 6.93. The van der Waals surface area contributed by atoms with Crippen molar-refractivity contribution >= 4 is 28.9 Å². The van der Waals surface area contributed by atoms with Crippen LogP contribution in [-0.4, -0.2) is 31.4 Å². The number of hydrogen-bond acceptors (Lipinski definition) is 3. The van der Waals surface area contributed by atoms with Crippen molar-refractivity contribution in [1.82, 2.24) is 0 Å². The standard InChI is InChI=1S/C21H26FN3O2/c1-5-24(6-2)17-11-12-20(15(3)13-17)25(16(4)26)14-21(27)23-19-10-8-7-9-18(19)22/h7-13H,5-6,14H2,1-4H3,(H,23,27). The summed E-state index contributed by atoms with van der Waals surface area (Å²) in [7, 11) is 0. The van der Waals surface area contributed by atoms with Gasteiger partial charge >= 0.3 is 0 Å². The third-order valence-electron chi connectivity index (χ3n) is 4.43. The summed E-state index contributed by atoms with van der Waals surface area (Å²) in [5.74, 6) is -1.22. The van der Waals surface area contributed by atoms with Gasteiger partial charge in [0.1, 0.15) is 12.4 Å². The van der Waals surface area contributed by atoms with E-state index in [4.69, 9.17) is 0 Å². The van der Waals surface area contributed by atoms with Gasteiger partial charge in [-0.3, -0.25) is 9.59 Å². The normalized spacial score (nSPS) is 10.4. The summed E-state index contributed by atoms with van der Waals surface area (Å²) >= 11 is 0. The minimum atomic E-state index is -0.514. The van der Waals surface area contributed by atoms with Crippen LogP contribution in [-0.2, 0) is 9.59 Å². The molecule has 2 aromatic rings. The van der Waals surface area contributed by atoms with Crippen molar-refractivity contribution in [2.24, 2.45) is 0 Å². The first-order valence-corrected chi connectivity index (χ1v) is 9.05. The summed E-state index contributed by atoms with van der Waals surface area (Å²) in [5, 5.41) is 2.52. The number of halogens is 1. The van der Waals surface area contributed by atoms with Crippen LogP contribution >= 0.6 is 0 Å². The Morgan fingerprint density at radius 1 is 1.07 bits per heavy atom. The highest BCUT2D eigenvalue weighted by molar-refractivity contribution is 6.02. The molecule has 0 aromatic heterocycles. The van der Waals surface area contributed by atoms with E-state index in [1.165, 1.54) is 24.0 Å². The number of hydrogen-bond donors (Lipinski definition) is 1. The van der Waals surface area contributed by atoms with Gasteiger partial charge in [0, 0.05) is 31.4 Å². The summed E-state index contributed by atoms with van der Waals surface area (Å²) in [6, 6.07) is 11.7. The second-order valence-electron chi connectivity index (χ2n) is 6.28. The van der Waals surface area contributed by atoms with Gasteiger partial charge in [-0.25, -0.2) is 4.39 Å². The first kappa shape index (κ1) is 20.4. The molecule has 0 heterocycles. The van der Waals surface area contributed by atoms with E-state index in [-0.39, 0.29) is 18.1 Å². The van der Waals surface area contributed by atoms with Gasteiger partial charge in [-0.05, 0) is 56.7 Å². The maximum atomic E-state index is 13.7. The topological polar surface area (TPSA) is 52.6 Å². The van der Waals surface area contributed by atoms with Crippen LogP contribution in [0.4, 0.5) is 21.5 Å². The number of carbonyl (C=O) groups is 2. The maximum absolute atomic E-state index is 13.7. The summed E-state index contributed by atoms with van der Waals surface area (Å²) in [6.45, 7) is 9.08. The van der Waals surface area contributed by atoms with Crippen molar-refractivity contribution in [2.75, 3.05) is 34.8 Å². The molecule has 0 bridgehead atoms. The molecule has 5 nitrogen and oxygen atoms in total. The lowest BCUT2D eigenvalue weighted by Crippen LogP contribution is -2.37. The lowest BCUT2D eigenvalue weighted by Gasteiger charge is -2.26. The molecule has 2 aromatic carbocycles. The number of nitrogens with zero attached hydrogens (tertiary/aromatic N) is 2. The molecular formula is C21H26FN3O2. The largest absolute Gasteiger partial charge is 0.372 e. The molecule has 27 heavy (non-hydrogen) atoms. The van der Waals surface area contributed by atoms with Gasteiger partial charge < -0.3 is 15.1 Å². The Labute approximate surface area is 159 Å². The minimum Gasteiger partial charge on any atom is -0.372 e. The van der Waals surface area contributed by atoms with Crippen molar-refractivity contribution in [2.45, 2.75) is 27.7 Å². The lowest BCUT2D eigenvalue weighted by atomic mass is 10.1. The van der Waals surface area contributed by atoms with Crippen LogP contribution in [0.3, 0.4) is 0 Å². The molecule has 0 radical (unpaired) electrons. The minimum absolute atomic E-state index is 0.0969. The zero-order valence-corrected chi connectivity index (χ0v) is 16.3. The monoisotopic (exact) mass is 371 g/mol. The molecule has 0 spiro atoms. The molecule has 0 unspecified atom stereocenters. The van der Waals surface area contributed by atoms with Gasteiger partial charge in [-0.2, -0.15) is 0 Å². The molecule has 144 valence electrons. The van der Waals surface area contributed by atoms with E-state index >= 15 is 0 Å². The molecule has 0 saturated carbocycles. The Bertz CT molecular complexity index is 819. The van der Waals surface area contributed by atoms with Crippen LogP contribution in [0.15, 0.2) is 42.5 Å². The molecule has 0 saturated heterocycles. The van der Waals surface area contributed by atoms with E-state index in [1.807, 2.05) is 25.1 Å². The molecule has 0 atom stereocenters. The molecule has 0 aliphatic carbocycles. The van der Waals surface area contributed by atoms with Crippen molar-refractivity contribution in [3.63, 3.8) is 0 Å². The second-order valence-corrected chi connectivity index (χ2v) is 6.28. The highest BCUT2D eigenvalue weighted by atomic mass is 19.1. The van der Waals surface area contributed by atoms with E-state index in [1.54, 1.807) is 12.1 Å². The van der Waals surface area contributed by atoms with E-state index in [2.05, 4.69) is 24.1 Å². The van der Waals surface area contributed by atoms with Gasteiger partial charge in [0.05, 0.1) is 5.69 Å². The highest BCUT2D eigenvalue weighted by Gasteiger charge is 2.19. The van der Waals surface area contributed by atoms with Crippen molar-refractivity contribution < 1.29 is 14.0 Å². The van der Waals surface area contributed by atoms with Crippen LogP contribution in [0.2, 0.25) is 0 Å². The molecule has 1 N–H and O–H groups in total. The molecule has 0 fully saturated rings. The third-order valence-corrected chi connectivity index (χ3v) is 4.43. The van der Waals surface area contributed by atoms with Gasteiger partial charge in [0.15, 0.2) is 0 Å². The van der Waals surface area contributed by atoms with Crippen molar-refractivity contribution in [3.05, 3.63) is 53.8 Å². The second kappa shape index (κ2) is 9.16. The third kappa shape index (κ3) is 5.06. The van der Waals surface area contributed by atoms with Gasteiger partial charge in [0.2, 0.25) is 11.8 Å². The first-order valence-electron chi connectivity index (χ1n) is 9.05. The average molecular weight is 371 g/mol. The van der Waals surface area contributed by atoms with E-state index in [0.29, 0.717) is 5.69 Å². The first-order chi connectivity index (χ1) is 12.9. The zero-order valence-electron chi connectivity index (χ0n) is 16.3. The van der Waals surface area contributed by atoms with Gasteiger partial charge in [-0.1, -0.05) is 12.1 Å². The summed E-state index contributed by atoms with van der Waals surface area (Å²) in [6.07, 6.45) is 0. The highest BCUT2D eigenvalue weighted by Crippen LogP contribution is 2.26. The Balaban J connectivity index is 2.21. The number of para-hydroxylation sites is 1. The molecule has 0 aliphatic heterocycles. The van der Waals surface area contributed by atoms with Crippen molar-refractivity contribution in [1.29, 1.82) is 0 Å². The number of nitrogens with one attached hydrogen (secondary N) is 1. The molecule has 0 aliphatic rings. The Morgan fingerprint density at radius 2 is 1.74 bits per heavy atom. The summed E-state index contributed by atoms with van der Waals surface area (Å²) < 4.78 is 13.7. The molecule has 2 amide bonds. The van der Waals surface area contributed by atoms with Crippen LogP contribution in [0.1, 0.15) is 26.3 Å². The predicted octanol–water partition coefficient (Wildman–Crippen LogP) is 3.97. The van der Waals surface area contributed by atoms with Gasteiger partial charge in [0.25, 0.3) is 0 Å². The van der Waals surface area contributed by atoms with E-state index < -0.39 is 11.7 Å². The Morgan fingerprint density at radius 3 is 2.30 bits per heavy atom. The van der Waals surface area contributed by atoms with E-state index in [0.717, 1.165) is 24.3 Å². The van der Waals surface area contributed by atoms with Crippen LogP contribution in [0.5, 0.6) is 0 Å². The lowest BCUT2D eigenvalue weighted by molar-refractivity contribution is -0.120. The number of benzene rings is 2. The fourth-order valence-electron chi connectivity index (χ4n) is 2.99. The summed E-state index contributed by atoms with van der Waals surface area (Å²) in [4.78, 5) is 28.1. The number of aryl methyl sites for hydroxylation is 1. The SMILES string of the molecule is CCN(CC)c1ccc(N(CC(=O)Nc2ccccc2F)C(C)=O)c(C)c1. The number of carbonyl (C=O) groups excluding carboxylic acids is 2. The average Bonchev–Trinajstić information content (AvgIpc) is 2.63. The van der Waals surface area contributed by atoms with Crippen LogP contribution in [0.25, 0.3) is 0 Å². The predicted molar refractivity (Wildman–Crippen MR) is 108 cm³/mol. The quantitative estimate of drug-likeness (QED) is 0.801. The molecule has 6 heteroatoms. The van der Waals surface area contributed by atoms with Crippen LogP contribution in [0, 0.1) is 12.7 Å². The molecule has 2 rings (SSSR count). The Hall–Kier alpha value is -2.89. The zero-order chi connectivity index (χ0) is 20.0. The molecular weight excluding hydrogens is 345 g/mol. The fourth-order valence-corrected chi connectivity index (χ4v) is 2.99. The smallest absolute Gasteiger partial charge is 0.244 e. The van der Waals surface area contributed by atoms with Crippen LogP contribution < -0.4 is 15.1 Å². The van der Waals surface area contributed by atoms with Crippen molar-refractivity contribution in [3.8, 4) is 0 Å².